The highest BCUT2D eigenvalue weighted by Gasteiger charge is 2.25. The summed E-state index contributed by atoms with van der Waals surface area (Å²) in [6.45, 7) is 4.97. The highest BCUT2D eigenvalue weighted by atomic mass is 16.3. The van der Waals surface area contributed by atoms with Crippen LogP contribution in [0.3, 0.4) is 0 Å². The average Bonchev–Trinajstić information content (AvgIpc) is 2.61. The molecule has 2 heteroatoms. The standard InChI is InChI=1S/C13H17NO/c1-13(2,8-14)11-5-9-3-4-12(15)7-10(9)6-11/h3-4,6-7,15H,5,8,14H2,1-2H3. The molecule has 0 heterocycles. The van der Waals surface area contributed by atoms with E-state index in [1.54, 1.807) is 6.07 Å². The molecule has 1 aliphatic carbocycles. The first-order chi connectivity index (χ1) is 7.03. The topological polar surface area (TPSA) is 46.2 Å². The van der Waals surface area contributed by atoms with Gasteiger partial charge in [0, 0.05) is 6.54 Å². The Morgan fingerprint density at radius 1 is 1.40 bits per heavy atom. The molecular weight excluding hydrogens is 186 g/mol. The highest BCUT2D eigenvalue weighted by molar-refractivity contribution is 5.66. The smallest absolute Gasteiger partial charge is 0.116 e. The molecule has 2 rings (SSSR count). The van der Waals surface area contributed by atoms with Crippen molar-refractivity contribution in [3.63, 3.8) is 0 Å². The lowest BCUT2D eigenvalue weighted by Gasteiger charge is -2.24. The molecule has 0 radical (unpaired) electrons. The molecule has 15 heavy (non-hydrogen) atoms. The summed E-state index contributed by atoms with van der Waals surface area (Å²) < 4.78 is 0. The summed E-state index contributed by atoms with van der Waals surface area (Å²) in [5.74, 6) is 0.330. The maximum atomic E-state index is 9.39. The molecule has 1 aromatic carbocycles. The minimum absolute atomic E-state index is 0.0502. The zero-order chi connectivity index (χ0) is 11.1. The third-order valence-electron chi connectivity index (χ3n) is 3.22. The van der Waals surface area contributed by atoms with Crippen molar-refractivity contribution in [2.45, 2.75) is 20.3 Å². The fourth-order valence-corrected chi connectivity index (χ4v) is 1.89. The fourth-order valence-electron chi connectivity index (χ4n) is 1.89. The Kier molecular flexibility index (Phi) is 2.31. The number of benzene rings is 1. The van der Waals surface area contributed by atoms with Gasteiger partial charge in [-0.25, -0.2) is 0 Å². The second-order valence-corrected chi connectivity index (χ2v) is 4.82. The van der Waals surface area contributed by atoms with Crippen LogP contribution in [0.4, 0.5) is 0 Å². The minimum atomic E-state index is 0.0502. The number of aromatic hydroxyl groups is 1. The van der Waals surface area contributed by atoms with Crippen molar-refractivity contribution in [2.75, 3.05) is 6.54 Å². The van der Waals surface area contributed by atoms with Crippen LogP contribution in [0, 0.1) is 5.41 Å². The van der Waals surface area contributed by atoms with Crippen molar-refractivity contribution in [2.24, 2.45) is 11.1 Å². The van der Waals surface area contributed by atoms with Gasteiger partial charge in [-0.3, -0.25) is 0 Å². The van der Waals surface area contributed by atoms with Crippen LogP contribution in [-0.4, -0.2) is 11.7 Å². The third kappa shape index (κ3) is 1.77. The number of phenolic OH excluding ortho intramolecular Hbond substituents is 1. The predicted molar refractivity (Wildman–Crippen MR) is 62.6 cm³/mol. The summed E-state index contributed by atoms with van der Waals surface area (Å²) in [6, 6.07) is 5.54. The summed E-state index contributed by atoms with van der Waals surface area (Å²) in [6.07, 6.45) is 3.11. The number of phenols is 1. The average molecular weight is 203 g/mol. The van der Waals surface area contributed by atoms with E-state index in [1.165, 1.54) is 11.1 Å². The third-order valence-corrected chi connectivity index (χ3v) is 3.22. The Balaban J connectivity index is 2.35. The number of fused-ring (bicyclic) bond motifs is 1. The van der Waals surface area contributed by atoms with Crippen LogP contribution >= 0.6 is 0 Å². The molecule has 0 saturated heterocycles. The lowest BCUT2D eigenvalue weighted by Crippen LogP contribution is -2.25. The number of nitrogens with two attached hydrogens (primary N) is 1. The fraction of sp³-hybridized carbons (Fsp3) is 0.385. The predicted octanol–water partition coefficient (Wildman–Crippen LogP) is 2.32. The van der Waals surface area contributed by atoms with Crippen molar-refractivity contribution < 1.29 is 5.11 Å². The van der Waals surface area contributed by atoms with Crippen LogP contribution < -0.4 is 5.73 Å². The van der Waals surface area contributed by atoms with E-state index in [2.05, 4.69) is 19.9 Å². The maximum absolute atomic E-state index is 9.39. The lowest BCUT2D eigenvalue weighted by molar-refractivity contribution is 0.456. The van der Waals surface area contributed by atoms with Crippen LogP contribution in [0.1, 0.15) is 25.0 Å². The van der Waals surface area contributed by atoms with Gasteiger partial charge in [0.2, 0.25) is 0 Å². The van der Waals surface area contributed by atoms with E-state index >= 15 is 0 Å². The van der Waals surface area contributed by atoms with Crippen LogP contribution in [0.25, 0.3) is 6.08 Å². The van der Waals surface area contributed by atoms with Crippen LogP contribution in [-0.2, 0) is 6.42 Å². The van der Waals surface area contributed by atoms with Gasteiger partial charge >= 0.3 is 0 Å². The summed E-state index contributed by atoms with van der Waals surface area (Å²) >= 11 is 0. The van der Waals surface area contributed by atoms with E-state index in [-0.39, 0.29) is 5.41 Å². The first-order valence-corrected chi connectivity index (χ1v) is 5.26. The summed E-state index contributed by atoms with van der Waals surface area (Å²) in [5.41, 5.74) is 9.58. The number of hydrogen-bond donors (Lipinski definition) is 2. The zero-order valence-corrected chi connectivity index (χ0v) is 9.25. The highest BCUT2D eigenvalue weighted by Crippen LogP contribution is 2.37. The Labute approximate surface area is 90.4 Å². The zero-order valence-electron chi connectivity index (χ0n) is 9.25. The van der Waals surface area contributed by atoms with Gasteiger partial charge in [0.25, 0.3) is 0 Å². The number of rotatable bonds is 2. The Morgan fingerprint density at radius 2 is 2.13 bits per heavy atom. The van der Waals surface area contributed by atoms with Crippen LogP contribution in [0.15, 0.2) is 23.8 Å². The first kappa shape index (κ1) is 10.2. The molecule has 1 aromatic rings. The van der Waals surface area contributed by atoms with E-state index in [0.29, 0.717) is 12.3 Å². The van der Waals surface area contributed by atoms with Gasteiger partial charge in [-0.05, 0) is 35.1 Å². The second-order valence-electron chi connectivity index (χ2n) is 4.82. The second kappa shape index (κ2) is 3.38. The van der Waals surface area contributed by atoms with Gasteiger partial charge in [-0.1, -0.05) is 31.6 Å². The van der Waals surface area contributed by atoms with Gasteiger partial charge in [0.1, 0.15) is 5.75 Å². The van der Waals surface area contributed by atoms with Crippen LogP contribution in [0.2, 0.25) is 0 Å². The summed E-state index contributed by atoms with van der Waals surface area (Å²) in [7, 11) is 0. The van der Waals surface area contributed by atoms with Gasteiger partial charge in [0.05, 0.1) is 0 Å². The molecule has 0 aromatic heterocycles. The number of hydrogen-bond acceptors (Lipinski definition) is 2. The van der Waals surface area contributed by atoms with Crippen molar-refractivity contribution in [3.8, 4) is 5.75 Å². The molecule has 0 bridgehead atoms. The van der Waals surface area contributed by atoms with Gasteiger partial charge in [-0.2, -0.15) is 0 Å². The molecule has 2 nitrogen and oxygen atoms in total. The molecule has 1 aliphatic rings. The molecule has 0 saturated carbocycles. The molecule has 0 spiro atoms. The lowest BCUT2D eigenvalue weighted by atomic mass is 9.83. The molecule has 0 unspecified atom stereocenters. The normalized spacial score (nSPS) is 15.0. The molecule has 3 N–H and O–H groups in total. The van der Waals surface area contributed by atoms with Gasteiger partial charge in [0.15, 0.2) is 0 Å². The largest absolute Gasteiger partial charge is 0.508 e. The minimum Gasteiger partial charge on any atom is -0.508 e. The van der Waals surface area contributed by atoms with Gasteiger partial charge < -0.3 is 10.8 Å². The van der Waals surface area contributed by atoms with E-state index in [0.717, 1.165) is 12.0 Å². The van der Waals surface area contributed by atoms with E-state index < -0.39 is 0 Å². The summed E-state index contributed by atoms with van der Waals surface area (Å²) in [5, 5.41) is 9.39. The monoisotopic (exact) mass is 203 g/mol. The molecular formula is C13H17NO. The van der Waals surface area contributed by atoms with Crippen molar-refractivity contribution in [1.82, 2.24) is 0 Å². The van der Waals surface area contributed by atoms with E-state index in [4.69, 9.17) is 5.73 Å². The Bertz CT molecular complexity index is 419. The molecule has 0 atom stereocenters. The Morgan fingerprint density at radius 3 is 2.80 bits per heavy atom. The Hall–Kier alpha value is -1.28. The van der Waals surface area contributed by atoms with E-state index in [9.17, 15) is 5.11 Å². The quantitative estimate of drug-likeness (QED) is 0.774. The maximum Gasteiger partial charge on any atom is 0.116 e. The van der Waals surface area contributed by atoms with Crippen molar-refractivity contribution >= 4 is 6.08 Å². The van der Waals surface area contributed by atoms with Crippen molar-refractivity contribution in [1.29, 1.82) is 0 Å². The molecule has 0 aliphatic heterocycles. The first-order valence-electron chi connectivity index (χ1n) is 5.26. The SMILES string of the molecule is CC(C)(CN)C1=Cc2cc(O)ccc2C1. The van der Waals surface area contributed by atoms with E-state index in [1.807, 2.05) is 12.1 Å². The van der Waals surface area contributed by atoms with Gasteiger partial charge in [-0.15, -0.1) is 0 Å². The summed E-state index contributed by atoms with van der Waals surface area (Å²) in [4.78, 5) is 0. The molecule has 80 valence electrons. The van der Waals surface area contributed by atoms with Crippen LogP contribution in [0.5, 0.6) is 5.75 Å². The molecule has 0 amide bonds. The molecule has 0 fully saturated rings. The van der Waals surface area contributed by atoms with Crippen molar-refractivity contribution in [3.05, 3.63) is 34.9 Å².